The van der Waals surface area contributed by atoms with Crippen molar-refractivity contribution in [3.8, 4) is 0 Å². The van der Waals surface area contributed by atoms with Crippen molar-refractivity contribution in [1.82, 2.24) is 4.31 Å². The lowest BCUT2D eigenvalue weighted by Crippen LogP contribution is -2.30. The van der Waals surface area contributed by atoms with Gasteiger partial charge in [-0.05, 0) is 17.7 Å². The summed E-state index contributed by atoms with van der Waals surface area (Å²) in [7, 11) is -1.92. The third-order valence-electron chi connectivity index (χ3n) is 2.84. The number of nitrogens with zero attached hydrogens (tertiary/aromatic N) is 2. The van der Waals surface area contributed by atoms with E-state index in [-0.39, 0.29) is 6.42 Å². The zero-order valence-corrected chi connectivity index (χ0v) is 10.7. The summed E-state index contributed by atoms with van der Waals surface area (Å²) in [6, 6.07) is 6.61. The lowest BCUT2D eigenvalue weighted by molar-refractivity contribution is -0.136. The normalized spacial score (nSPS) is 19.1. The Morgan fingerprint density at radius 1 is 1.39 bits per heavy atom. The van der Waals surface area contributed by atoms with Gasteiger partial charge in [0.05, 0.1) is 12.1 Å². The first kappa shape index (κ1) is 12.8. The van der Waals surface area contributed by atoms with Crippen LogP contribution in [-0.2, 0) is 21.4 Å². The standard InChI is InChI=1S/C11H14N2O4S/c1-12-5-6-13(18(12,16)17)10-4-2-3-9(7-10)8-11(14)15/h2-4,7H,5-6,8H2,1H3,(H,14,15). The van der Waals surface area contributed by atoms with E-state index in [2.05, 4.69) is 0 Å². The molecule has 1 aromatic rings. The van der Waals surface area contributed by atoms with Crippen molar-refractivity contribution >= 4 is 21.9 Å². The Balaban J connectivity index is 2.32. The van der Waals surface area contributed by atoms with E-state index >= 15 is 0 Å². The van der Waals surface area contributed by atoms with Gasteiger partial charge in [0.15, 0.2) is 0 Å². The molecule has 0 aliphatic carbocycles. The van der Waals surface area contributed by atoms with Gasteiger partial charge in [0.1, 0.15) is 0 Å². The molecule has 0 radical (unpaired) electrons. The smallest absolute Gasteiger partial charge is 0.307 e. The van der Waals surface area contributed by atoms with Crippen molar-refractivity contribution in [1.29, 1.82) is 0 Å². The summed E-state index contributed by atoms with van der Waals surface area (Å²) < 4.78 is 26.5. The second-order valence-electron chi connectivity index (χ2n) is 4.14. The minimum atomic E-state index is -3.44. The summed E-state index contributed by atoms with van der Waals surface area (Å²) in [5.74, 6) is -0.937. The third-order valence-corrected chi connectivity index (χ3v) is 4.76. The molecule has 7 heteroatoms. The SMILES string of the molecule is CN1CCN(c2cccc(CC(=O)O)c2)S1(=O)=O. The second kappa shape index (κ2) is 4.58. The number of hydrogen-bond donors (Lipinski definition) is 1. The Labute approximate surface area is 106 Å². The Morgan fingerprint density at radius 3 is 2.67 bits per heavy atom. The fourth-order valence-corrected chi connectivity index (χ4v) is 3.23. The van der Waals surface area contributed by atoms with Crippen LogP contribution in [0.1, 0.15) is 5.56 Å². The van der Waals surface area contributed by atoms with Crippen LogP contribution in [0.3, 0.4) is 0 Å². The predicted octanol–water partition coefficient (Wildman–Crippen LogP) is 0.310. The Hall–Kier alpha value is -1.60. The number of likely N-dealkylation sites (N-methyl/N-ethyl adjacent to an activating group) is 1. The molecular formula is C11H14N2O4S. The fourth-order valence-electron chi connectivity index (χ4n) is 1.89. The topological polar surface area (TPSA) is 77.9 Å². The highest BCUT2D eigenvalue weighted by Crippen LogP contribution is 2.24. The van der Waals surface area contributed by atoms with Crippen LogP contribution in [0.25, 0.3) is 0 Å². The molecule has 0 aromatic heterocycles. The molecular weight excluding hydrogens is 256 g/mol. The molecule has 0 unspecified atom stereocenters. The first-order valence-corrected chi connectivity index (χ1v) is 6.85. The molecule has 6 nitrogen and oxygen atoms in total. The van der Waals surface area contributed by atoms with E-state index in [1.54, 1.807) is 24.3 Å². The van der Waals surface area contributed by atoms with Crippen LogP contribution >= 0.6 is 0 Å². The maximum absolute atomic E-state index is 12.0. The molecule has 98 valence electrons. The molecule has 1 aromatic carbocycles. The summed E-state index contributed by atoms with van der Waals surface area (Å²) in [5.41, 5.74) is 1.10. The molecule has 2 rings (SSSR count). The summed E-state index contributed by atoms with van der Waals surface area (Å²) in [6.07, 6.45) is -0.114. The average Bonchev–Trinajstić information content (AvgIpc) is 2.53. The maximum atomic E-state index is 12.0. The minimum Gasteiger partial charge on any atom is -0.481 e. The van der Waals surface area contributed by atoms with Crippen molar-refractivity contribution < 1.29 is 18.3 Å². The number of hydrogen-bond acceptors (Lipinski definition) is 3. The first-order valence-electron chi connectivity index (χ1n) is 5.46. The molecule has 0 saturated carbocycles. The monoisotopic (exact) mass is 270 g/mol. The van der Waals surface area contributed by atoms with Crippen molar-refractivity contribution in [2.24, 2.45) is 0 Å². The Kier molecular flexibility index (Phi) is 3.27. The minimum absolute atomic E-state index is 0.114. The number of anilines is 1. The van der Waals surface area contributed by atoms with E-state index < -0.39 is 16.2 Å². The molecule has 0 amide bonds. The number of rotatable bonds is 3. The largest absolute Gasteiger partial charge is 0.481 e. The lowest BCUT2D eigenvalue weighted by Gasteiger charge is -2.18. The van der Waals surface area contributed by atoms with Crippen molar-refractivity contribution in [3.05, 3.63) is 29.8 Å². The highest BCUT2D eigenvalue weighted by atomic mass is 32.2. The molecule has 0 spiro atoms. The van der Waals surface area contributed by atoms with Gasteiger partial charge in [-0.25, -0.2) is 0 Å². The molecule has 1 N–H and O–H groups in total. The van der Waals surface area contributed by atoms with E-state index in [1.165, 1.54) is 15.7 Å². The molecule has 1 aliphatic heterocycles. The molecule has 0 bridgehead atoms. The highest BCUT2D eigenvalue weighted by molar-refractivity contribution is 7.90. The van der Waals surface area contributed by atoms with Gasteiger partial charge in [-0.1, -0.05) is 12.1 Å². The number of benzene rings is 1. The van der Waals surface area contributed by atoms with Gasteiger partial charge >= 0.3 is 16.2 Å². The van der Waals surface area contributed by atoms with Crippen LogP contribution in [0.15, 0.2) is 24.3 Å². The van der Waals surface area contributed by atoms with E-state index in [1.807, 2.05) is 0 Å². The zero-order valence-electron chi connectivity index (χ0n) is 9.91. The van der Waals surface area contributed by atoms with E-state index in [0.717, 1.165) is 0 Å². The zero-order chi connectivity index (χ0) is 13.3. The van der Waals surface area contributed by atoms with Gasteiger partial charge in [0.25, 0.3) is 0 Å². The second-order valence-corrected chi connectivity index (χ2v) is 6.10. The van der Waals surface area contributed by atoms with Gasteiger partial charge in [-0.3, -0.25) is 9.10 Å². The van der Waals surface area contributed by atoms with Gasteiger partial charge in [0, 0.05) is 20.1 Å². The van der Waals surface area contributed by atoms with Crippen LogP contribution in [0.4, 0.5) is 5.69 Å². The Morgan fingerprint density at radius 2 is 2.11 bits per heavy atom. The third kappa shape index (κ3) is 2.32. The number of carbonyl (C=O) groups is 1. The number of aliphatic carboxylic acids is 1. The number of carboxylic acid groups (broad SMARTS) is 1. The fraction of sp³-hybridized carbons (Fsp3) is 0.364. The molecule has 0 atom stereocenters. The lowest BCUT2D eigenvalue weighted by atomic mass is 10.1. The van der Waals surface area contributed by atoms with E-state index in [4.69, 9.17) is 5.11 Å². The summed E-state index contributed by atoms with van der Waals surface area (Å²) >= 11 is 0. The van der Waals surface area contributed by atoms with E-state index in [9.17, 15) is 13.2 Å². The average molecular weight is 270 g/mol. The molecule has 1 aliphatic rings. The summed E-state index contributed by atoms with van der Waals surface area (Å²) in [5, 5.41) is 8.73. The summed E-state index contributed by atoms with van der Waals surface area (Å²) in [4.78, 5) is 10.6. The molecule has 18 heavy (non-hydrogen) atoms. The summed E-state index contributed by atoms with van der Waals surface area (Å²) in [6.45, 7) is 0.820. The molecule has 1 saturated heterocycles. The van der Waals surface area contributed by atoms with Gasteiger partial charge in [0.2, 0.25) is 0 Å². The van der Waals surface area contributed by atoms with Crippen LogP contribution in [0.2, 0.25) is 0 Å². The van der Waals surface area contributed by atoms with Crippen LogP contribution < -0.4 is 4.31 Å². The quantitative estimate of drug-likeness (QED) is 0.857. The van der Waals surface area contributed by atoms with Crippen molar-refractivity contribution in [2.45, 2.75) is 6.42 Å². The highest BCUT2D eigenvalue weighted by Gasteiger charge is 2.33. The van der Waals surface area contributed by atoms with Gasteiger partial charge < -0.3 is 5.11 Å². The molecule has 1 heterocycles. The first-order chi connectivity index (χ1) is 8.41. The van der Waals surface area contributed by atoms with E-state index in [0.29, 0.717) is 24.3 Å². The maximum Gasteiger partial charge on any atom is 0.307 e. The molecule has 1 fully saturated rings. The van der Waals surface area contributed by atoms with Crippen LogP contribution in [0, 0.1) is 0 Å². The van der Waals surface area contributed by atoms with Crippen molar-refractivity contribution in [2.75, 3.05) is 24.4 Å². The van der Waals surface area contributed by atoms with Crippen molar-refractivity contribution in [3.63, 3.8) is 0 Å². The van der Waals surface area contributed by atoms with Gasteiger partial charge in [-0.15, -0.1) is 0 Å². The number of carboxylic acids is 1. The van der Waals surface area contributed by atoms with Crippen LogP contribution in [-0.4, -0.2) is 43.9 Å². The predicted molar refractivity (Wildman–Crippen MR) is 66.7 cm³/mol. The van der Waals surface area contributed by atoms with Gasteiger partial charge in [-0.2, -0.15) is 12.7 Å². The Bertz CT molecular complexity index is 570. The van der Waals surface area contributed by atoms with Crippen LogP contribution in [0.5, 0.6) is 0 Å².